The first-order valence-electron chi connectivity index (χ1n) is 16.7. The Morgan fingerprint density at radius 1 is 1.15 bits per heavy atom. The number of hydrogen-bond donors (Lipinski definition) is 0. The number of halogens is 1. The Labute approximate surface area is 290 Å². The van der Waals surface area contributed by atoms with Crippen molar-refractivity contribution in [1.82, 2.24) is 24.4 Å². The van der Waals surface area contributed by atoms with Crippen molar-refractivity contribution in [3.05, 3.63) is 64.4 Å². The molecular formula is C37H42ClN5O4S. The summed E-state index contributed by atoms with van der Waals surface area (Å²) in [5.74, 6) is 0.00445. The smallest absolute Gasteiger partial charge is 0.339 e. The van der Waals surface area contributed by atoms with Crippen LogP contribution in [0.5, 0.6) is 0 Å². The first-order valence-corrected chi connectivity index (χ1v) is 17.9. The van der Waals surface area contributed by atoms with E-state index in [1.807, 2.05) is 71.3 Å². The first-order chi connectivity index (χ1) is 23.0. The summed E-state index contributed by atoms with van der Waals surface area (Å²) in [4.78, 5) is 31.3. The molecule has 11 heteroatoms. The standard InChI is InChI=1S/C37H42ClN5O4S/c1-7-46-36(44)32(47-37(3,4)5)29-21(2)16-27-33(30(29)23-8-10-24(38)11-9-23)48-35(41-27)28-17-39-34-31(40-28)26(18-42(34)6)22-12-14-43(15-13-22)25-19-45-20-25/h8-11,16-18,22,25,32H,7,12-15,19-20H2,1-6H3/t32-/m0/s1. The normalized spacial score (nSPS) is 17.2. The molecule has 0 spiro atoms. The van der Waals surface area contributed by atoms with Crippen LogP contribution in [0.1, 0.15) is 69.2 Å². The first kappa shape index (κ1) is 33.1. The predicted octanol–water partition coefficient (Wildman–Crippen LogP) is 7.87. The minimum atomic E-state index is -0.933. The van der Waals surface area contributed by atoms with Crippen LogP contribution in [0.2, 0.25) is 5.02 Å². The maximum absolute atomic E-state index is 13.5. The van der Waals surface area contributed by atoms with Crippen molar-refractivity contribution < 1.29 is 19.0 Å². The number of carbonyl (C=O) groups is 1. The number of esters is 1. The lowest BCUT2D eigenvalue weighted by Gasteiger charge is -2.41. The maximum atomic E-state index is 13.5. The molecule has 1 atom stereocenters. The van der Waals surface area contributed by atoms with Crippen molar-refractivity contribution >= 4 is 50.3 Å². The molecule has 2 aliphatic rings. The number of hydrogen-bond acceptors (Lipinski definition) is 9. The Balaban J connectivity index is 1.33. The van der Waals surface area contributed by atoms with Gasteiger partial charge in [0.05, 0.1) is 47.9 Å². The van der Waals surface area contributed by atoms with E-state index in [1.165, 1.54) is 5.56 Å². The quantitative estimate of drug-likeness (QED) is 0.152. The van der Waals surface area contributed by atoms with Gasteiger partial charge in [-0.1, -0.05) is 23.7 Å². The summed E-state index contributed by atoms with van der Waals surface area (Å²) in [5.41, 5.74) is 7.47. The van der Waals surface area contributed by atoms with Gasteiger partial charge >= 0.3 is 5.97 Å². The number of fused-ring (bicyclic) bond motifs is 2. The summed E-state index contributed by atoms with van der Waals surface area (Å²) < 4.78 is 20.5. The van der Waals surface area contributed by atoms with Crippen LogP contribution in [0.3, 0.4) is 0 Å². The Bertz CT molecular complexity index is 1970. The average molecular weight is 688 g/mol. The van der Waals surface area contributed by atoms with Gasteiger partial charge in [0.1, 0.15) is 16.2 Å². The Morgan fingerprint density at radius 2 is 1.88 bits per heavy atom. The predicted molar refractivity (Wildman–Crippen MR) is 191 cm³/mol. The molecule has 0 bridgehead atoms. The van der Waals surface area contributed by atoms with E-state index >= 15 is 0 Å². The number of ether oxygens (including phenoxy) is 3. The number of likely N-dealkylation sites (tertiary alicyclic amines) is 1. The minimum absolute atomic E-state index is 0.252. The molecular weight excluding hydrogens is 646 g/mol. The number of thiazole rings is 1. The van der Waals surface area contributed by atoms with E-state index in [0.29, 0.717) is 17.0 Å². The molecule has 5 heterocycles. The van der Waals surface area contributed by atoms with E-state index in [-0.39, 0.29) is 6.61 Å². The highest BCUT2D eigenvalue weighted by atomic mass is 35.5. The zero-order valence-corrected chi connectivity index (χ0v) is 30.0. The van der Waals surface area contributed by atoms with Crippen molar-refractivity contribution in [2.24, 2.45) is 7.05 Å². The van der Waals surface area contributed by atoms with Gasteiger partial charge in [0.25, 0.3) is 0 Å². The molecule has 9 nitrogen and oxygen atoms in total. The Kier molecular flexibility index (Phi) is 9.06. The molecule has 7 rings (SSSR count). The lowest BCUT2D eigenvalue weighted by Crippen LogP contribution is -2.51. The van der Waals surface area contributed by atoms with Gasteiger partial charge < -0.3 is 18.8 Å². The highest BCUT2D eigenvalue weighted by Gasteiger charge is 2.34. The van der Waals surface area contributed by atoms with Crippen LogP contribution in [-0.4, -0.2) is 74.9 Å². The molecule has 2 saturated heterocycles. The largest absolute Gasteiger partial charge is 0.464 e. The number of aryl methyl sites for hydroxylation is 2. The van der Waals surface area contributed by atoms with Gasteiger partial charge in [0.15, 0.2) is 11.8 Å². The summed E-state index contributed by atoms with van der Waals surface area (Å²) in [6, 6.07) is 10.3. The third-order valence-electron chi connectivity index (χ3n) is 9.31. The molecule has 0 unspecified atom stereocenters. The van der Waals surface area contributed by atoms with Crippen LogP contribution >= 0.6 is 22.9 Å². The number of aromatic nitrogens is 4. The number of nitrogens with zero attached hydrogens (tertiary/aromatic N) is 5. The van der Waals surface area contributed by atoms with Crippen molar-refractivity contribution in [3.8, 4) is 21.8 Å². The van der Waals surface area contributed by atoms with Crippen LogP contribution < -0.4 is 0 Å². The zero-order valence-electron chi connectivity index (χ0n) is 28.4. The molecule has 252 valence electrons. The third-order valence-corrected chi connectivity index (χ3v) is 10.7. The third kappa shape index (κ3) is 6.36. The zero-order chi connectivity index (χ0) is 33.7. The van der Waals surface area contributed by atoms with E-state index in [0.717, 1.165) is 93.5 Å². The van der Waals surface area contributed by atoms with Gasteiger partial charge in [-0.25, -0.2) is 19.7 Å². The van der Waals surface area contributed by atoms with Crippen LogP contribution in [0.15, 0.2) is 42.7 Å². The molecule has 2 fully saturated rings. The van der Waals surface area contributed by atoms with Crippen LogP contribution in [0.4, 0.5) is 0 Å². The molecule has 0 saturated carbocycles. The Hall–Kier alpha value is -3.41. The van der Waals surface area contributed by atoms with Gasteiger partial charge in [-0.2, -0.15) is 0 Å². The number of piperidine rings is 1. The van der Waals surface area contributed by atoms with E-state index in [1.54, 1.807) is 18.3 Å². The summed E-state index contributed by atoms with van der Waals surface area (Å²) in [5, 5.41) is 1.40. The van der Waals surface area contributed by atoms with Crippen molar-refractivity contribution in [3.63, 3.8) is 0 Å². The van der Waals surface area contributed by atoms with Crippen LogP contribution in [0, 0.1) is 6.92 Å². The molecule has 0 aliphatic carbocycles. The molecule has 0 N–H and O–H groups in total. The van der Waals surface area contributed by atoms with E-state index < -0.39 is 17.7 Å². The van der Waals surface area contributed by atoms with Gasteiger partial charge in [-0.3, -0.25) is 4.90 Å². The van der Waals surface area contributed by atoms with Gasteiger partial charge in [0.2, 0.25) is 0 Å². The Morgan fingerprint density at radius 3 is 2.52 bits per heavy atom. The second-order valence-electron chi connectivity index (χ2n) is 13.8. The molecule has 2 aromatic carbocycles. The average Bonchev–Trinajstić information content (AvgIpc) is 3.59. The van der Waals surface area contributed by atoms with Crippen molar-refractivity contribution in [2.75, 3.05) is 32.9 Å². The summed E-state index contributed by atoms with van der Waals surface area (Å²) in [7, 11) is 2.04. The van der Waals surface area contributed by atoms with Crippen LogP contribution in [0.25, 0.3) is 43.2 Å². The highest BCUT2D eigenvalue weighted by molar-refractivity contribution is 7.22. The van der Waals surface area contributed by atoms with E-state index in [4.69, 9.17) is 40.8 Å². The van der Waals surface area contributed by atoms with Crippen LogP contribution in [-0.2, 0) is 26.1 Å². The number of carbonyl (C=O) groups excluding carboxylic acids is 1. The number of benzene rings is 2. The highest BCUT2D eigenvalue weighted by Crippen LogP contribution is 2.45. The molecule has 0 radical (unpaired) electrons. The molecule has 2 aliphatic heterocycles. The van der Waals surface area contributed by atoms with E-state index in [9.17, 15) is 4.79 Å². The van der Waals surface area contributed by atoms with Gasteiger partial charge in [-0.15, -0.1) is 11.3 Å². The monoisotopic (exact) mass is 687 g/mol. The lowest BCUT2D eigenvalue weighted by atomic mass is 9.89. The number of rotatable bonds is 8. The second kappa shape index (κ2) is 13.1. The van der Waals surface area contributed by atoms with Gasteiger partial charge in [-0.05, 0) is 95.8 Å². The minimum Gasteiger partial charge on any atom is -0.464 e. The molecule has 0 amide bonds. The summed E-state index contributed by atoms with van der Waals surface area (Å²) in [6.07, 6.45) is 5.28. The SMILES string of the molecule is CCOC(=O)[C@@H](OC(C)(C)C)c1c(C)cc2nc(-c3cnc4c(n3)c(C3CCN(C5COC5)CC3)cn4C)sc2c1-c1ccc(Cl)cc1. The van der Waals surface area contributed by atoms with Crippen molar-refractivity contribution in [2.45, 2.75) is 71.1 Å². The molecule has 5 aromatic rings. The summed E-state index contributed by atoms with van der Waals surface area (Å²) in [6.45, 7) is 13.7. The lowest BCUT2D eigenvalue weighted by molar-refractivity contribution is -0.166. The summed E-state index contributed by atoms with van der Waals surface area (Å²) >= 11 is 7.88. The fourth-order valence-electron chi connectivity index (χ4n) is 6.94. The molecule has 48 heavy (non-hydrogen) atoms. The molecule has 3 aromatic heterocycles. The van der Waals surface area contributed by atoms with Crippen molar-refractivity contribution in [1.29, 1.82) is 0 Å². The van der Waals surface area contributed by atoms with Gasteiger partial charge in [0, 0.05) is 35.0 Å². The maximum Gasteiger partial charge on any atom is 0.339 e. The fraction of sp³-hybridized carbons (Fsp3) is 0.459. The topological polar surface area (TPSA) is 91.6 Å². The second-order valence-corrected chi connectivity index (χ2v) is 15.3. The van der Waals surface area contributed by atoms with E-state index in [2.05, 4.69) is 15.7 Å². The fourth-order valence-corrected chi connectivity index (χ4v) is 8.14.